The highest BCUT2D eigenvalue weighted by Gasteiger charge is 2.38. The molecule has 5 nitrogen and oxygen atoms in total. The van der Waals surface area contributed by atoms with Crippen LogP contribution in [0.2, 0.25) is 0 Å². The van der Waals surface area contributed by atoms with Crippen LogP contribution in [0.15, 0.2) is 81.5 Å². The minimum absolute atomic E-state index is 0.0755. The van der Waals surface area contributed by atoms with Crippen LogP contribution in [0.3, 0.4) is 0 Å². The number of ether oxygens (including phenoxy) is 1. The van der Waals surface area contributed by atoms with E-state index in [-0.39, 0.29) is 29.6 Å². The van der Waals surface area contributed by atoms with E-state index in [4.69, 9.17) is 4.74 Å². The first kappa shape index (κ1) is 31.1. The van der Waals surface area contributed by atoms with Crippen molar-refractivity contribution in [3.8, 4) is 0 Å². The lowest BCUT2D eigenvalue weighted by molar-refractivity contribution is 0.0916. The number of allylic oxidation sites excluding steroid dienone is 2. The second-order valence-corrected chi connectivity index (χ2v) is 13.2. The van der Waals surface area contributed by atoms with Gasteiger partial charge < -0.3 is 9.84 Å². The Labute approximate surface area is 257 Å². The van der Waals surface area contributed by atoms with E-state index in [1.165, 1.54) is 5.57 Å². The Bertz CT molecular complexity index is 1420. The van der Waals surface area contributed by atoms with Gasteiger partial charge in [-0.3, -0.25) is 14.8 Å². The van der Waals surface area contributed by atoms with Gasteiger partial charge in [0.25, 0.3) is 0 Å². The Morgan fingerprint density at radius 1 is 0.977 bits per heavy atom. The molecule has 1 aliphatic carbocycles. The lowest BCUT2D eigenvalue weighted by atomic mass is 9.76. The Balaban J connectivity index is 1.36. The molecule has 2 aromatic carbocycles. The van der Waals surface area contributed by atoms with Crippen molar-refractivity contribution in [2.75, 3.05) is 6.54 Å². The zero-order valence-corrected chi connectivity index (χ0v) is 26.7. The number of nitrogens with zero attached hydrogens (tertiary/aromatic N) is 2. The van der Waals surface area contributed by atoms with Crippen molar-refractivity contribution in [3.05, 3.63) is 88.2 Å². The molecule has 1 fully saturated rings. The van der Waals surface area contributed by atoms with Gasteiger partial charge in [0.05, 0.1) is 12.1 Å². The molecule has 1 saturated carbocycles. The van der Waals surface area contributed by atoms with Gasteiger partial charge >= 0.3 is 0 Å². The molecular weight excluding hydrogens is 532 g/mol. The average Bonchev–Trinajstić information content (AvgIpc) is 3.30. The van der Waals surface area contributed by atoms with Crippen LogP contribution >= 0.6 is 0 Å². The van der Waals surface area contributed by atoms with Gasteiger partial charge in [-0.1, -0.05) is 75.4 Å². The second-order valence-electron chi connectivity index (χ2n) is 13.2. The van der Waals surface area contributed by atoms with Crippen LogP contribution in [-0.4, -0.2) is 42.0 Å². The molecule has 8 atom stereocenters. The normalized spacial score (nSPS) is 30.4. The van der Waals surface area contributed by atoms with Gasteiger partial charge in [0.2, 0.25) is 0 Å². The average molecular weight is 581 g/mol. The smallest absolute Gasteiger partial charge is 0.163 e. The highest BCUT2D eigenvalue weighted by molar-refractivity contribution is 6.16. The molecule has 43 heavy (non-hydrogen) atoms. The molecule has 5 rings (SSSR count). The molecule has 0 saturated heterocycles. The Hall–Kier alpha value is -3.31. The molecule has 3 aliphatic rings. The fourth-order valence-electron chi connectivity index (χ4n) is 7.69. The van der Waals surface area contributed by atoms with E-state index in [0.717, 1.165) is 53.0 Å². The van der Waals surface area contributed by atoms with Crippen molar-refractivity contribution in [1.82, 2.24) is 0 Å². The molecule has 0 amide bonds. The summed E-state index contributed by atoms with van der Waals surface area (Å²) in [5.41, 5.74) is 5.07. The standard InChI is InChI=1S/C38H48N2O3/c1-23-16-17-30(37-26(4)25(3)36(28(6)41)38(43-37)29-12-8-7-9-13-29)20-24(2)33(23)21-35(42)32-15-11-10-14-31(32)34-22-39-18-19-40-27(34)5/h7-15,18-19,23-25,27-28,30,33-34,41H,16-17,20-22H2,1-6H3. The number of ketones is 1. The second kappa shape index (κ2) is 13.5. The summed E-state index contributed by atoms with van der Waals surface area (Å²) in [6, 6.07) is 18.4. The third-order valence-electron chi connectivity index (χ3n) is 10.4. The first-order chi connectivity index (χ1) is 20.7. The van der Waals surface area contributed by atoms with Crippen LogP contribution in [0.4, 0.5) is 0 Å². The zero-order valence-electron chi connectivity index (χ0n) is 26.7. The zero-order chi connectivity index (χ0) is 30.7. The minimum Gasteiger partial charge on any atom is -0.461 e. The summed E-state index contributed by atoms with van der Waals surface area (Å²) in [7, 11) is 0. The number of hydrogen-bond acceptors (Lipinski definition) is 5. The van der Waals surface area contributed by atoms with E-state index in [1.54, 1.807) is 12.4 Å². The summed E-state index contributed by atoms with van der Waals surface area (Å²) < 4.78 is 6.81. The minimum atomic E-state index is -0.590. The number of carbonyl (C=O) groups is 1. The van der Waals surface area contributed by atoms with Crippen molar-refractivity contribution in [3.63, 3.8) is 0 Å². The number of aliphatic hydroxyl groups excluding tert-OH is 1. The molecule has 0 spiro atoms. The van der Waals surface area contributed by atoms with Crippen molar-refractivity contribution in [1.29, 1.82) is 0 Å². The maximum Gasteiger partial charge on any atom is 0.163 e. The number of benzene rings is 2. The lowest BCUT2D eigenvalue weighted by Gasteiger charge is -2.35. The van der Waals surface area contributed by atoms with Gasteiger partial charge in [0.15, 0.2) is 5.78 Å². The molecule has 2 heterocycles. The van der Waals surface area contributed by atoms with Crippen LogP contribution in [0.5, 0.6) is 0 Å². The molecule has 8 unspecified atom stereocenters. The first-order valence-corrected chi connectivity index (χ1v) is 16.2. The number of rotatable bonds is 7. The van der Waals surface area contributed by atoms with Crippen molar-refractivity contribution in [2.45, 2.75) is 85.3 Å². The van der Waals surface area contributed by atoms with Crippen molar-refractivity contribution < 1.29 is 14.6 Å². The highest BCUT2D eigenvalue weighted by Crippen LogP contribution is 2.47. The number of carbonyl (C=O) groups excluding carboxylic acids is 1. The van der Waals surface area contributed by atoms with Crippen LogP contribution in [0, 0.1) is 29.6 Å². The Kier molecular flexibility index (Phi) is 9.81. The lowest BCUT2D eigenvalue weighted by Crippen LogP contribution is -2.26. The quantitative estimate of drug-likeness (QED) is 0.264. The predicted molar refractivity (Wildman–Crippen MR) is 177 cm³/mol. The summed E-state index contributed by atoms with van der Waals surface area (Å²) in [6.45, 7) is 13.6. The van der Waals surface area contributed by atoms with E-state index in [9.17, 15) is 9.90 Å². The summed E-state index contributed by atoms with van der Waals surface area (Å²) in [5.74, 6) is 3.68. The van der Waals surface area contributed by atoms with Crippen LogP contribution in [0.25, 0.3) is 5.76 Å². The Morgan fingerprint density at radius 2 is 1.70 bits per heavy atom. The molecule has 0 radical (unpaired) electrons. The highest BCUT2D eigenvalue weighted by atomic mass is 16.5. The molecule has 0 bridgehead atoms. The van der Waals surface area contributed by atoms with Crippen molar-refractivity contribution in [2.24, 2.45) is 39.6 Å². The Morgan fingerprint density at radius 3 is 2.44 bits per heavy atom. The van der Waals surface area contributed by atoms with Crippen LogP contribution < -0.4 is 0 Å². The monoisotopic (exact) mass is 580 g/mol. The van der Waals surface area contributed by atoms with Crippen molar-refractivity contribution >= 4 is 24.0 Å². The molecule has 1 N–H and O–H groups in total. The molecule has 2 aromatic rings. The first-order valence-electron chi connectivity index (χ1n) is 16.2. The maximum atomic E-state index is 14.0. The topological polar surface area (TPSA) is 71.2 Å². The summed E-state index contributed by atoms with van der Waals surface area (Å²) in [6.07, 6.45) is 6.58. The molecular formula is C38H48N2O3. The fourth-order valence-corrected chi connectivity index (χ4v) is 7.69. The summed E-state index contributed by atoms with van der Waals surface area (Å²) >= 11 is 0. The SMILES string of the molecule is CC1=C(C2CCC(C)C(CC(=O)c3ccccc3C3CN=CC=NC3C)C(C)C2)OC(c2ccccc2)=C(C(C)O)C1C. The molecule has 5 heteroatoms. The third kappa shape index (κ3) is 6.62. The fraction of sp³-hybridized carbons (Fsp3) is 0.500. The van der Waals surface area contributed by atoms with E-state index in [0.29, 0.717) is 30.7 Å². The molecule has 0 aromatic heterocycles. The molecule has 2 aliphatic heterocycles. The van der Waals surface area contributed by atoms with Crippen LogP contribution in [-0.2, 0) is 4.74 Å². The molecule has 228 valence electrons. The number of hydrogen-bond donors (Lipinski definition) is 1. The van der Waals surface area contributed by atoms with Gasteiger partial charge in [0, 0.05) is 59.8 Å². The van der Waals surface area contributed by atoms with Gasteiger partial charge in [-0.2, -0.15) is 0 Å². The van der Waals surface area contributed by atoms with E-state index in [1.807, 2.05) is 43.3 Å². The van der Waals surface area contributed by atoms with Gasteiger partial charge in [-0.15, -0.1) is 0 Å². The predicted octanol–water partition coefficient (Wildman–Crippen LogP) is 8.31. The van der Waals surface area contributed by atoms with Gasteiger partial charge in [-0.05, 0) is 68.9 Å². The van der Waals surface area contributed by atoms with E-state index < -0.39 is 6.10 Å². The number of Topliss-reactive ketones (excluding diaryl/α,β-unsaturated/α-hetero) is 1. The van der Waals surface area contributed by atoms with E-state index >= 15 is 0 Å². The van der Waals surface area contributed by atoms with Gasteiger partial charge in [-0.25, -0.2) is 0 Å². The van der Waals surface area contributed by atoms with Crippen LogP contribution in [0.1, 0.15) is 94.6 Å². The number of aliphatic hydroxyl groups is 1. The van der Waals surface area contributed by atoms with Gasteiger partial charge in [0.1, 0.15) is 11.5 Å². The summed E-state index contributed by atoms with van der Waals surface area (Å²) in [4.78, 5) is 23.1. The number of aliphatic imine (C=N–C) groups is 2. The maximum absolute atomic E-state index is 14.0. The third-order valence-corrected chi connectivity index (χ3v) is 10.4. The summed E-state index contributed by atoms with van der Waals surface area (Å²) in [5, 5.41) is 10.8. The largest absolute Gasteiger partial charge is 0.461 e. The van der Waals surface area contributed by atoms with E-state index in [2.05, 4.69) is 62.8 Å².